The van der Waals surface area contributed by atoms with Gasteiger partial charge in [0.2, 0.25) is 0 Å². The Hall–Kier alpha value is -0.000000000000000132. The van der Waals surface area contributed by atoms with Crippen LogP contribution in [-0.4, -0.2) is 25.7 Å². The first-order valence-corrected chi connectivity index (χ1v) is 9.63. The average molecular weight is 419 g/mol. The minimum absolute atomic E-state index is 0.628. The molecule has 1 N–H and O–H groups in total. The van der Waals surface area contributed by atoms with Crippen molar-refractivity contribution in [3.8, 4) is 0 Å². The second-order valence-electron chi connectivity index (χ2n) is 6.35. The van der Waals surface area contributed by atoms with Gasteiger partial charge < -0.3 is 10.2 Å². The molecule has 1 atom stereocenters. The third-order valence-electron chi connectivity index (χ3n) is 4.90. The van der Waals surface area contributed by atoms with Crippen LogP contribution in [0.1, 0.15) is 38.5 Å². The number of nitrogens with one attached hydrogen (secondary N) is 1. The SMILES string of the molecule is Clc1cc(I)ccc1N1CCCNC(C2CCCCC2)C1. The van der Waals surface area contributed by atoms with E-state index in [1.807, 2.05) is 0 Å². The molecule has 0 aromatic heterocycles. The second-order valence-corrected chi connectivity index (χ2v) is 8.01. The molecule has 3 rings (SSSR count). The highest BCUT2D eigenvalue weighted by Crippen LogP contribution is 2.31. The van der Waals surface area contributed by atoms with Crippen molar-refractivity contribution >= 4 is 39.9 Å². The van der Waals surface area contributed by atoms with Crippen molar-refractivity contribution in [2.75, 3.05) is 24.5 Å². The first kappa shape index (κ1) is 15.9. The van der Waals surface area contributed by atoms with E-state index in [1.165, 1.54) is 47.8 Å². The normalized spacial score (nSPS) is 24.9. The molecular formula is C17H24ClIN2. The summed E-state index contributed by atoms with van der Waals surface area (Å²) in [4.78, 5) is 2.50. The lowest BCUT2D eigenvalue weighted by molar-refractivity contribution is 0.277. The molecule has 1 saturated heterocycles. The number of rotatable bonds is 2. The van der Waals surface area contributed by atoms with E-state index in [1.54, 1.807) is 0 Å². The van der Waals surface area contributed by atoms with Gasteiger partial charge in [0.25, 0.3) is 0 Å². The number of hydrogen-bond donors (Lipinski definition) is 1. The van der Waals surface area contributed by atoms with Crippen LogP contribution in [0, 0.1) is 9.49 Å². The minimum Gasteiger partial charge on any atom is -0.369 e. The predicted molar refractivity (Wildman–Crippen MR) is 99.4 cm³/mol. The molecule has 0 bridgehead atoms. The van der Waals surface area contributed by atoms with Crippen molar-refractivity contribution in [2.24, 2.45) is 5.92 Å². The van der Waals surface area contributed by atoms with Gasteiger partial charge in [0.15, 0.2) is 0 Å². The minimum atomic E-state index is 0.628. The van der Waals surface area contributed by atoms with E-state index in [2.05, 4.69) is 51.0 Å². The van der Waals surface area contributed by atoms with Gasteiger partial charge in [-0.1, -0.05) is 30.9 Å². The average Bonchev–Trinajstić information content (AvgIpc) is 2.74. The second kappa shape index (κ2) is 7.51. The standard InChI is InChI=1S/C17H24ClIN2/c18-15-11-14(19)7-8-17(15)21-10-4-9-20-16(12-21)13-5-2-1-3-6-13/h7-8,11,13,16,20H,1-6,9-10,12H2. The van der Waals surface area contributed by atoms with E-state index in [9.17, 15) is 0 Å². The third kappa shape index (κ3) is 4.05. The molecule has 1 unspecified atom stereocenters. The van der Waals surface area contributed by atoms with Crippen molar-refractivity contribution in [3.05, 3.63) is 26.8 Å². The number of benzene rings is 1. The zero-order valence-electron chi connectivity index (χ0n) is 12.5. The van der Waals surface area contributed by atoms with Gasteiger partial charge in [-0.3, -0.25) is 0 Å². The maximum Gasteiger partial charge on any atom is 0.0650 e. The Morgan fingerprint density at radius 3 is 2.71 bits per heavy atom. The summed E-state index contributed by atoms with van der Waals surface area (Å²) in [7, 11) is 0. The van der Waals surface area contributed by atoms with E-state index in [0.29, 0.717) is 6.04 Å². The summed E-state index contributed by atoms with van der Waals surface area (Å²) in [5, 5.41) is 4.69. The monoisotopic (exact) mass is 418 g/mol. The largest absolute Gasteiger partial charge is 0.369 e. The van der Waals surface area contributed by atoms with Crippen molar-refractivity contribution in [3.63, 3.8) is 0 Å². The molecule has 21 heavy (non-hydrogen) atoms. The molecule has 1 aromatic rings. The summed E-state index contributed by atoms with van der Waals surface area (Å²) >= 11 is 8.81. The Morgan fingerprint density at radius 1 is 1.14 bits per heavy atom. The highest BCUT2D eigenvalue weighted by molar-refractivity contribution is 14.1. The van der Waals surface area contributed by atoms with Crippen LogP contribution in [0.25, 0.3) is 0 Å². The van der Waals surface area contributed by atoms with Crippen LogP contribution in [0.15, 0.2) is 18.2 Å². The van der Waals surface area contributed by atoms with Gasteiger partial charge in [-0.2, -0.15) is 0 Å². The Bertz CT molecular complexity index is 474. The number of nitrogens with zero attached hydrogens (tertiary/aromatic N) is 1. The molecule has 1 heterocycles. The zero-order chi connectivity index (χ0) is 14.7. The third-order valence-corrected chi connectivity index (χ3v) is 5.87. The maximum atomic E-state index is 6.48. The van der Waals surface area contributed by atoms with Gasteiger partial charge in [0.05, 0.1) is 10.7 Å². The number of halogens is 2. The van der Waals surface area contributed by atoms with Crippen LogP contribution >= 0.6 is 34.2 Å². The lowest BCUT2D eigenvalue weighted by atomic mass is 9.83. The summed E-state index contributed by atoms with van der Waals surface area (Å²) in [5.41, 5.74) is 1.21. The highest BCUT2D eigenvalue weighted by Gasteiger charge is 2.27. The lowest BCUT2D eigenvalue weighted by Crippen LogP contribution is -2.43. The van der Waals surface area contributed by atoms with Crippen LogP contribution in [0.4, 0.5) is 5.69 Å². The van der Waals surface area contributed by atoms with Crippen molar-refractivity contribution in [1.82, 2.24) is 5.32 Å². The van der Waals surface area contributed by atoms with Gasteiger partial charge in [0, 0.05) is 22.7 Å². The van der Waals surface area contributed by atoms with Crippen LogP contribution in [-0.2, 0) is 0 Å². The topological polar surface area (TPSA) is 15.3 Å². The van der Waals surface area contributed by atoms with E-state index in [0.717, 1.165) is 30.6 Å². The summed E-state index contributed by atoms with van der Waals surface area (Å²) < 4.78 is 1.21. The summed E-state index contributed by atoms with van der Waals surface area (Å²) in [5.74, 6) is 0.849. The molecule has 0 amide bonds. The molecule has 2 fully saturated rings. The van der Waals surface area contributed by atoms with Gasteiger partial charge in [-0.15, -0.1) is 0 Å². The van der Waals surface area contributed by atoms with Gasteiger partial charge >= 0.3 is 0 Å². The highest BCUT2D eigenvalue weighted by atomic mass is 127. The molecule has 1 aliphatic heterocycles. The molecule has 1 aliphatic carbocycles. The van der Waals surface area contributed by atoms with Crippen LogP contribution in [0.5, 0.6) is 0 Å². The molecule has 2 aliphatic rings. The molecule has 2 nitrogen and oxygen atoms in total. The van der Waals surface area contributed by atoms with Crippen molar-refractivity contribution < 1.29 is 0 Å². The summed E-state index contributed by atoms with van der Waals surface area (Å²) in [6.45, 7) is 3.35. The quantitative estimate of drug-likeness (QED) is 0.701. The van der Waals surface area contributed by atoms with E-state index in [-0.39, 0.29) is 0 Å². The first-order valence-electron chi connectivity index (χ1n) is 8.17. The van der Waals surface area contributed by atoms with Gasteiger partial charge in [-0.25, -0.2) is 0 Å². The predicted octanol–water partition coefficient (Wildman–Crippen LogP) is 4.69. The number of anilines is 1. The smallest absolute Gasteiger partial charge is 0.0650 e. The molecule has 4 heteroatoms. The van der Waals surface area contributed by atoms with Crippen molar-refractivity contribution in [2.45, 2.75) is 44.6 Å². The fourth-order valence-corrected chi connectivity index (χ4v) is 4.73. The van der Waals surface area contributed by atoms with E-state index >= 15 is 0 Å². The Kier molecular flexibility index (Phi) is 5.68. The fraction of sp³-hybridized carbons (Fsp3) is 0.647. The van der Waals surface area contributed by atoms with Crippen LogP contribution in [0.2, 0.25) is 5.02 Å². The van der Waals surface area contributed by atoms with Crippen LogP contribution < -0.4 is 10.2 Å². The van der Waals surface area contributed by atoms with Crippen LogP contribution in [0.3, 0.4) is 0 Å². The van der Waals surface area contributed by atoms with Crippen molar-refractivity contribution in [1.29, 1.82) is 0 Å². The van der Waals surface area contributed by atoms with E-state index < -0.39 is 0 Å². The summed E-state index contributed by atoms with van der Waals surface area (Å²) in [6, 6.07) is 7.05. The molecule has 116 valence electrons. The first-order chi connectivity index (χ1) is 10.2. The molecular weight excluding hydrogens is 395 g/mol. The maximum absolute atomic E-state index is 6.48. The Labute approximate surface area is 146 Å². The van der Waals surface area contributed by atoms with Gasteiger partial charge in [0.1, 0.15) is 0 Å². The Balaban J connectivity index is 1.75. The van der Waals surface area contributed by atoms with E-state index in [4.69, 9.17) is 11.6 Å². The molecule has 0 spiro atoms. The zero-order valence-corrected chi connectivity index (χ0v) is 15.4. The fourth-order valence-electron chi connectivity index (χ4n) is 3.76. The number of hydrogen-bond acceptors (Lipinski definition) is 2. The molecule has 1 aromatic carbocycles. The lowest BCUT2D eigenvalue weighted by Gasteiger charge is -2.34. The molecule has 0 radical (unpaired) electrons. The Morgan fingerprint density at radius 2 is 1.95 bits per heavy atom. The summed E-state index contributed by atoms with van der Waals surface area (Å²) in [6.07, 6.45) is 8.24. The molecule has 1 saturated carbocycles. The van der Waals surface area contributed by atoms with Gasteiger partial charge in [-0.05, 0) is 72.5 Å².